The third kappa shape index (κ3) is 3.01. The lowest BCUT2D eigenvalue weighted by Crippen LogP contribution is -2.40. The minimum absolute atomic E-state index is 0.163. The molecule has 0 radical (unpaired) electrons. The monoisotopic (exact) mass is 299 g/mol. The first-order chi connectivity index (χ1) is 10.8. The van der Waals surface area contributed by atoms with Gasteiger partial charge < -0.3 is 10.6 Å². The van der Waals surface area contributed by atoms with Crippen LogP contribution in [-0.2, 0) is 11.2 Å². The second-order valence-electron chi connectivity index (χ2n) is 5.57. The Morgan fingerprint density at radius 1 is 1.32 bits per heavy atom. The predicted molar refractivity (Wildman–Crippen MR) is 83.5 cm³/mol. The molecule has 1 fully saturated rings. The first-order valence-electron chi connectivity index (χ1n) is 7.73. The zero-order valence-corrected chi connectivity index (χ0v) is 12.6. The number of likely N-dealkylation sites (tertiary alicyclic amines) is 1. The normalized spacial score (nSPS) is 17.9. The quantitative estimate of drug-likeness (QED) is 0.898. The SMILES string of the molecule is NCC1CCCN1C(=O)CCc1nncn1-c1ccccc1. The Labute approximate surface area is 129 Å². The Morgan fingerprint density at radius 3 is 2.91 bits per heavy atom. The van der Waals surface area contributed by atoms with Gasteiger partial charge in [-0.15, -0.1) is 10.2 Å². The highest BCUT2D eigenvalue weighted by Crippen LogP contribution is 2.18. The fourth-order valence-corrected chi connectivity index (χ4v) is 3.01. The van der Waals surface area contributed by atoms with E-state index in [0.29, 0.717) is 19.4 Å². The van der Waals surface area contributed by atoms with E-state index in [1.807, 2.05) is 39.8 Å². The third-order valence-electron chi connectivity index (χ3n) is 4.18. The van der Waals surface area contributed by atoms with Crippen LogP contribution in [-0.4, -0.2) is 44.7 Å². The summed E-state index contributed by atoms with van der Waals surface area (Å²) in [6.07, 6.45) is 4.79. The van der Waals surface area contributed by atoms with Crippen molar-refractivity contribution in [3.05, 3.63) is 42.5 Å². The molecule has 0 spiro atoms. The van der Waals surface area contributed by atoms with Gasteiger partial charge in [-0.1, -0.05) is 18.2 Å². The van der Waals surface area contributed by atoms with Crippen molar-refractivity contribution in [3.63, 3.8) is 0 Å². The fraction of sp³-hybridized carbons (Fsp3) is 0.438. The highest BCUT2D eigenvalue weighted by atomic mass is 16.2. The maximum atomic E-state index is 12.4. The molecule has 2 heterocycles. The van der Waals surface area contributed by atoms with E-state index in [2.05, 4.69) is 10.2 Å². The zero-order chi connectivity index (χ0) is 15.4. The average molecular weight is 299 g/mol. The van der Waals surface area contributed by atoms with Crippen LogP contribution in [0.5, 0.6) is 0 Å². The summed E-state index contributed by atoms with van der Waals surface area (Å²) in [5.74, 6) is 0.971. The Hall–Kier alpha value is -2.21. The van der Waals surface area contributed by atoms with Crippen molar-refractivity contribution in [2.24, 2.45) is 5.73 Å². The van der Waals surface area contributed by atoms with Crippen molar-refractivity contribution in [2.75, 3.05) is 13.1 Å². The fourth-order valence-electron chi connectivity index (χ4n) is 3.01. The van der Waals surface area contributed by atoms with Crippen molar-refractivity contribution >= 4 is 5.91 Å². The van der Waals surface area contributed by atoms with E-state index in [4.69, 9.17) is 5.73 Å². The molecule has 0 saturated carbocycles. The van der Waals surface area contributed by atoms with Gasteiger partial charge in [-0.2, -0.15) is 0 Å². The van der Waals surface area contributed by atoms with Crippen molar-refractivity contribution in [2.45, 2.75) is 31.7 Å². The largest absolute Gasteiger partial charge is 0.338 e. The van der Waals surface area contributed by atoms with E-state index in [1.54, 1.807) is 6.33 Å². The van der Waals surface area contributed by atoms with E-state index < -0.39 is 0 Å². The standard InChI is InChI=1S/C16H21N5O/c17-11-14-7-4-10-20(14)16(22)9-8-15-19-18-12-21(15)13-5-2-1-3-6-13/h1-3,5-6,12,14H,4,7-11,17H2. The molecule has 2 aromatic rings. The van der Waals surface area contributed by atoms with Crippen molar-refractivity contribution in [3.8, 4) is 5.69 Å². The van der Waals surface area contributed by atoms with Gasteiger partial charge >= 0.3 is 0 Å². The summed E-state index contributed by atoms with van der Waals surface area (Å²) in [6, 6.07) is 10.1. The summed E-state index contributed by atoms with van der Waals surface area (Å²) in [7, 11) is 0. The van der Waals surface area contributed by atoms with Crippen LogP contribution in [0.4, 0.5) is 0 Å². The van der Waals surface area contributed by atoms with Crippen LogP contribution in [0.3, 0.4) is 0 Å². The zero-order valence-electron chi connectivity index (χ0n) is 12.6. The Morgan fingerprint density at radius 2 is 2.14 bits per heavy atom. The van der Waals surface area contributed by atoms with E-state index in [9.17, 15) is 4.79 Å². The minimum Gasteiger partial charge on any atom is -0.338 e. The Bertz CT molecular complexity index is 624. The molecule has 116 valence electrons. The van der Waals surface area contributed by atoms with Gasteiger partial charge in [0, 0.05) is 37.7 Å². The lowest BCUT2D eigenvalue weighted by atomic mass is 10.2. The van der Waals surface area contributed by atoms with Gasteiger partial charge in [-0.25, -0.2) is 0 Å². The molecular weight excluding hydrogens is 278 g/mol. The summed E-state index contributed by atoms with van der Waals surface area (Å²) in [5, 5.41) is 8.12. The van der Waals surface area contributed by atoms with E-state index >= 15 is 0 Å². The maximum absolute atomic E-state index is 12.4. The number of aromatic nitrogens is 3. The van der Waals surface area contributed by atoms with Crippen LogP contribution in [0.2, 0.25) is 0 Å². The van der Waals surface area contributed by atoms with Gasteiger partial charge in [0.2, 0.25) is 5.91 Å². The summed E-state index contributed by atoms with van der Waals surface area (Å²) >= 11 is 0. The topological polar surface area (TPSA) is 77.0 Å². The van der Waals surface area contributed by atoms with Crippen molar-refractivity contribution in [1.29, 1.82) is 0 Å². The molecule has 1 aromatic carbocycles. The summed E-state index contributed by atoms with van der Waals surface area (Å²) in [5.41, 5.74) is 6.74. The molecule has 6 heteroatoms. The number of hydrogen-bond acceptors (Lipinski definition) is 4. The van der Waals surface area contributed by atoms with Crippen molar-refractivity contribution < 1.29 is 4.79 Å². The molecule has 3 rings (SSSR count). The summed E-state index contributed by atoms with van der Waals surface area (Å²) in [4.78, 5) is 14.3. The summed E-state index contributed by atoms with van der Waals surface area (Å²) < 4.78 is 1.93. The van der Waals surface area contributed by atoms with Crippen LogP contribution >= 0.6 is 0 Å². The maximum Gasteiger partial charge on any atom is 0.223 e. The van der Waals surface area contributed by atoms with Crippen LogP contribution in [0.25, 0.3) is 5.69 Å². The molecule has 2 N–H and O–H groups in total. The molecule has 0 aliphatic carbocycles. The smallest absolute Gasteiger partial charge is 0.223 e. The number of rotatable bonds is 5. The predicted octanol–water partition coefficient (Wildman–Crippen LogP) is 1.15. The van der Waals surface area contributed by atoms with E-state index in [0.717, 1.165) is 30.9 Å². The number of amides is 1. The number of hydrogen-bond donors (Lipinski definition) is 1. The first kappa shape index (κ1) is 14.7. The van der Waals surface area contributed by atoms with E-state index in [-0.39, 0.29) is 11.9 Å². The molecule has 1 amide bonds. The number of carbonyl (C=O) groups excluding carboxylic acids is 1. The molecule has 1 saturated heterocycles. The summed E-state index contributed by atoms with van der Waals surface area (Å²) in [6.45, 7) is 1.37. The molecule has 6 nitrogen and oxygen atoms in total. The molecule has 1 aliphatic heterocycles. The lowest BCUT2D eigenvalue weighted by Gasteiger charge is -2.23. The highest BCUT2D eigenvalue weighted by molar-refractivity contribution is 5.77. The Balaban J connectivity index is 1.65. The molecule has 0 bridgehead atoms. The average Bonchev–Trinajstić information content (AvgIpc) is 3.22. The van der Waals surface area contributed by atoms with E-state index in [1.165, 1.54) is 0 Å². The molecule has 1 aromatic heterocycles. The number of carbonyl (C=O) groups is 1. The molecule has 1 atom stereocenters. The number of benzene rings is 1. The number of nitrogens with two attached hydrogens (primary N) is 1. The van der Waals surface area contributed by atoms with Gasteiger partial charge in [-0.05, 0) is 25.0 Å². The van der Waals surface area contributed by atoms with Crippen LogP contribution in [0, 0.1) is 0 Å². The lowest BCUT2D eigenvalue weighted by molar-refractivity contribution is -0.131. The van der Waals surface area contributed by atoms with Gasteiger partial charge in [0.25, 0.3) is 0 Å². The van der Waals surface area contributed by atoms with Gasteiger partial charge in [0.05, 0.1) is 0 Å². The molecule has 1 unspecified atom stereocenters. The number of para-hydroxylation sites is 1. The Kier molecular flexibility index (Phi) is 4.48. The molecule has 22 heavy (non-hydrogen) atoms. The number of aryl methyl sites for hydroxylation is 1. The van der Waals surface area contributed by atoms with Gasteiger partial charge in [0.15, 0.2) is 0 Å². The third-order valence-corrected chi connectivity index (χ3v) is 4.18. The van der Waals surface area contributed by atoms with Gasteiger partial charge in [0.1, 0.15) is 12.2 Å². The van der Waals surface area contributed by atoms with Crippen LogP contribution in [0.15, 0.2) is 36.7 Å². The highest BCUT2D eigenvalue weighted by Gasteiger charge is 2.27. The first-order valence-corrected chi connectivity index (χ1v) is 7.73. The second-order valence-corrected chi connectivity index (χ2v) is 5.57. The second kappa shape index (κ2) is 6.70. The molecular formula is C16H21N5O. The minimum atomic E-state index is 0.163. The van der Waals surface area contributed by atoms with Crippen LogP contribution < -0.4 is 5.73 Å². The van der Waals surface area contributed by atoms with Crippen LogP contribution in [0.1, 0.15) is 25.1 Å². The molecule has 1 aliphatic rings. The number of nitrogens with zero attached hydrogens (tertiary/aromatic N) is 4. The van der Waals surface area contributed by atoms with Gasteiger partial charge in [-0.3, -0.25) is 9.36 Å². The van der Waals surface area contributed by atoms with Crippen molar-refractivity contribution in [1.82, 2.24) is 19.7 Å².